The number of carbonyl (C=O) groups excluding carboxylic acids is 2. The minimum Gasteiger partial charge on any atom is -0.444 e. The number of rotatable bonds is 4. The number of likely N-dealkylation sites (tertiary alicyclic amines) is 1. The first-order valence-corrected chi connectivity index (χ1v) is 9.97. The van der Waals surface area contributed by atoms with Gasteiger partial charge in [0.05, 0.1) is 18.4 Å². The molecule has 9 nitrogen and oxygen atoms in total. The fourth-order valence-corrected chi connectivity index (χ4v) is 3.81. The largest absolute Gasteiger partial charge is 0.444 e. The van der Waals surface area contributed by atoms with E-state index in [2.05, 4.69) is 15.5 Å². The number of halogens is 1. The quantitative estimate of drug-likeness (QED) is 0.774. The van der Waals surface area contributed by atoms with Crippen LogP contribution in [0.25, 0.3) is 0 Å². The molecule has 2 aliphatic heterocycles. The molecule has 1 aromatic rings. The van der Waals surface area contributed by atoms with E-state index in [0.29, 0.717) is 38.3 Å². The van der Waals surface area contributed by atoms with Crippen molar-refractivity contribution in [1.29, 1.82) is 0 Å². The molecule has 0 unspecified atom stereocenters. The van der Waals surface area contributed by atoms with Gasteiger partial charge in [0.1, 0.15) is 11.1 Å². The molecule has 0 aromatic carbocycles. The van der Waals surface area contributed by atoms with Crippen molar-refractivity contribution in [1.82, 2.24) is 20.4 Å². The number of ether oxygens (including phenoxy) is 1. The molecule has 2 saturated heterocycles. The maximum atomic E-state index is 12.2. The number of anilines is 1. The van der Waals surface area contributed by atoms with Crippen LogP contribution in [0.2, 0.25) is 5.02 Å². The van der Waals surface area contributed by atoms with Crippen LogP contribution in [-0.4, -0.2) is 65.4 Å². The highest BCUT2D eigenvalue weighted by molar-refractivity contribution is 6.33. The molecular weight excluding hydrogens is 386 g/mol. The van der Waals surface area contributed by atoms with Crippen molar-refractivity contribution >= 4 is 29.3 Å². The van der Waals surface area contributed by atoms with Gasteiger partial charge in [-0.3, -0.25) is 9.59 Å². The van der Waals surface area contributed by atoms with Crippen LogP contribution < -0.4 is 15.8 Å². The number of alkyl carbamates (subject to hydrolysis) is 1. The second-order valence-corrected chi connectivity index (χ2v) is 7.94. The molecule has 0 radical (unpaired) electrons. The molecule has 2 fully saturated rings. The molecule has 10 heteroatoms. The van der Waals surface area contributed by atoms with Gasteiger partial charge in [0, 0.05) is 38.0 Å². The van der Waals surface area contributed by atoms with Gasteiger partial charge < -0.3 is 19.9 Å². The molecule has 0 spiro atoms. The van der Waals surface area contributed by atoms with Crippen LogP contribution in [0, 0.1) is 5.92 Å². The molecule has 0 bridgehead atoms. The highest BCUT2D eigenvalue weighted by atomic mass is 35.5. The first kappa shape index (κ1) is 20.4. The van der Waals surface area contributed by atoms with Gasteiger partial charge in [-0.2, -0.15) is 5.10 Å². The van der Waals surface area contributed by atoms with Gasteiger partial charge in [0.2, 0.25) is 5.91 Å². The molecule has 3 rings (SSSR count). The predicted octanol–water partition coefficient (Wildman–Crippen LogP) is 1.38. The Morgan fingerprint density at radius 1 is 1.29 bits per heavy atom. The standard InChI is InChI=1S/C18H26ClN5O4/c1-11(2)17(26)23-6-3-12(4-7-23)21-18(27)28-13-5-8-24(10-13)14-9-20-22-16(25)15(14)19/h9,11-13H,3-8,10H2,1-2H3,(H,21,27)(H,22,25)/t13-/m1/s1. The van der Waals surface area contributed by atoms with Gasteiger partial charge in [0.25, 0.3) is 5.56 Å². The first-order valence-electron chi connectivity index (χ1n) is 9.59. The number of aromatic nitrogens is 2. The number of carbonyl (C=O) groups is 2. The summed E-state index contributed by atoms with van der Waals surface area (Å²) in [6, 6.07) is 0.00699. The molecule has 2 amide bonds. The van der Waals surface area contributed by atoms with Crippen molar-refractivity contribution in [2.75, 3.05) is 31.1 Å². The molecule has 28 heavy (non-hydrogen) atoms. The normalized spacial score (nSPS) is 20.5. The minimum atomic E-state index is -0.449. The maximum Gasteiger partial charge on any atom is 0.407 e. The van der Waals surface area contributed by atoms with Crippen LogP contribution >= 0.6 is 11.6 Å². The molecule has 1 aromatic heterocycles. The van der Waals surface area contributed by atoms with E-state index in [4.69, 9.17) is 16.3 Å². The van der Waals surface area contributed by atoms with Crippen LogP contribution in [0.15, 0.2) is 11.0 Å². The van der Waals surface area contributed by atoms with Gasteiger partial charge in [-0.15, -0.1) is 0 Å². The molecule has 154 valence electrons. The zero-order chi connectivity index (χ0) is 20.3. The fraction of sp³-hybridized carbons (Fsp3) is 0.667. The van der Waals surface area contributed by atoms with Crippen molar-refractivity contribution in [3.63, 3.8) is 0 Å². The van der Waals surface area contributed by atoms with E-state index in [1.807, 2.05) is 23.6 Å². The van der Waals surface area contributed by atoms with Gasteiger partial charge in [-0.1, -0.05) is 25.4 Å². The summed E-state index contributed by atoms with van der Waals surface area (Å²) >= 11 is 6.04. The van der Waals surface area contributed by atoms with E-state index >= 15 is 0 Å². The van der Waals surface area contributed by atoms with Crippen molar-refractivity contribution in [2.24, 2.45) is 5.92 Å². The molecule has 0 saturated carbocycles. The number of piperidine rings is 1. The Bertz CT molecular complexity index is 775. The topological polar surface area (TPSA) is 108 Å². The maximum absolute atomic E-state index is 12.2. The molecule has 0 aliphatic carbocycles. The van der Waals surface area contributed by atoms with Gasteiger partial charge in [-0.25, -0.2) is 9.89 Å². The Hall–Kier alpha value is -2.29. The predicted molar refractivity (Wildman–Crippen MR) is 105 cm³/mol. The average Bonchev–Trinajstić information content (AvgIpc) is 3.12. The van der Waals surface area contributed by atoms with Gasteiger partial charge >= 0.3 is 6.09 Å². The fourth-order valence-electron chi connectivity index (χ4n) is 3.60. The Kier molecular flexibility index (Phi) is 6.43. The molecule has 2 N–H and O–H groups in total. The SMILES string of the molecule is CC(C)C(=O)N1CCC(NC(=O)O[C@@H]2CCN(c3cn[nH]c(=O)c3Cl)C2)CC1. The third kappa shape index (κ3) is 4.76. The van der Waals surface area contributed by atoms with E-state index in [0.717, 1.165) is 12.8 Å². The lowest BCUT2D eigenvalue weighted by molar-refractivity contribution is -0.135. The number of aromatic amines is 1. The second kappa shape index (κ2) is 8.81. The lowest BCUT2D eigenvalue weighted by atomic mass is 10.0. The Labute approximate surface area is 168 Å². The van der Waals surface area contributed by atoms with E-state index in [-0.39, 0.29) is 29.0 Å². The van der Waals surface area contributed by atoms with Crippen LogP contribution in [0.3, 0.4) is 0 Å². The lowest BCUT2D eigenvalue weighted by Gasteiger charge is -2.33. The second-order valence-electron chi connectivity index (χ2n) is 7.56. The van der Waals surface area contributed by atoms with Crippen molar-refractivity contribution < 1.29 is 14.3 Å². The van der Waals surface area contributed by atoms with E-state index < -0.39 is 11.7 Å². The smallest absolute Gasteiger partial charge is 0.407 e. The number of nitrogens with zero attached hydrogens (tertiary/aromatic N) is 3. The summed E-state index contributed by atoms with van der Waals surface area (Å²) in [4.78, 5) is 39.6. The molecular formula is C18H26ClN5O4. The first-order chi connectivity index (χ1) is 13.3. The van der Waals surface area contributed by atoms with Crippen LogP contribution in [0.4, 0.5) is 10.5 Å². The lowest BCUT2D eigenvalue weighted by Crippen LogP contribution is -2.48. The van der Waals surface area contributed by atoms with Crippen molar-refractivity contribution in [2.45, 2.75) is 45.3 Å². The summed E-state index contributed by atoms with van der Waals surface area (Å²) < 4.78 is 5.53. The Morgan fingerprint density at radius 2 is 2.00 bits per heavy atom. The summed E-state index contributed by atoms with van der Waals surface area (Å²) in [6.07, 6.45) is 2.86. The molecule has 3 heterocycles. The summed E-state index contributed by atoms with van der Waals surface area (Å²) in [7, 11) is 0. The van der Waals surface area contributed by atoms with E-state index in [1.165, 1.54) is 6.20 Å². The highest BCUT2D eigenvalue weighted by Crippen LogP contribution is 2.25. The van der Waals surface area contributed by atoms with Crippen LogP contribution in [0.1, 0.15) is 33.1 Å². The van der Waals surface area contributed by atoms with Gasteiger partial charge in [-0.05, 0) is 12.8 Å². The molecule has 2 aliphatic rings. The summed E-state index contributed by atoms with van der Waals surface area (Å²) in [5.41, 5.74) is 0.0997. The summed E-state index contributed by atoms with van der Waals surface area (Å²) in [5, 5.41) is 9.04. The Morgan fingerprint density at radius 3 is 2.68 bits per heavy atom. The number of hydrogen-bond acceptors (Lipinski definition) is 6. The van der Waals surface area contributed by atoms with Crippen LogP contribution in [0.5, 0.6) is 0 Å². The van der Waals surface area contributed by atoms with Crippen LogP contribution in [-0.2, 0) is 9.53 Å². The van der Waals surface area contributed by atoms with E-state index in [9.17, 15) is 14.4 Å². The number of hydrogen-bond donors (Lipinski definition) is 2. The zero-order valence-electron chi connectivity index (χ0n) is 16.1. The van der Waals surface area contributed by atoms with Gasteiger partial charge in [0.15, 0.2) is 0 Å². The monoisotopic (exact) mass is 411 g/mol. The van der Waals surface area contributed by atoms with Crippen molar-refractivity contribution in [3.8, 4) is 0 Å². The number of H-pyrrole nitrogens is 1. The minimum absolute atomic E-state index is 0.00699. The Balaban J connectivity index is 1.44. The average molecular weight is 412 g/mol. The summed E-state index contributed by atoms with van der Waals surface area (Å²) in [5.74, 6) is 0.142. The zero-order valence-corrected chi connectivity index (χ0v) is 16.9. The number of nitrogens with one attached hydrogen (secondary N) is 2. The number of amides is 2. The molecule has 1 atom stereocenters. The third-order valence-corrected chi connectivity index (χ3v) is 5.52. The summed E-state index contributed by atoms with van der Waals surface area (Å²) in [6.45, 7) is 6.16. The highest BCUT2D eigenvalue weighted by Gasteiger charge is 2.30. The van der Waals surface area contributed by atoms with E-state index in [1.54, 1.807) is 0 Å². The third-order valence-electron chi connectivity index (χ3n) is 5.16. The van der Waals surface area contributed by atoms with Crippen molar-refractivity contribution in [3.05, 3.63) is 21.6 Å².